The SMILES string of the molecule is CC(C)=C1CC=CC=C1OC(=O)O. The van der Waals surface area contributed by atoms with Crippen molar-refractivity contribution in [3.05, 3.63) is 35.1 Å². The van der Waals surface area contributed by atoms with E-state index < -0.39 is 6.16 Å². The Morgan fingerprint density at radius 1 is 1.54 bits per heavy atom. The van der Waals surface area contributed by atoms with Crippen molar-refractivity contribution < 1.29 is 14.6 Å². The van der Waals surface area contributed by atoms with Gasteiger partial charge in [0.15, 0.2) is 0 Å². The van der Waals surface area contributed by atoms with Crippen LogP contribution in [0, 0.1) is 0 Å². The van der Waals surface area contributed by atoms with Crippen molar-refractivity contribution in [1.29, 1.82) is 0 Å². The fraction of sp³-hybridized carbons (Fsp3) is 0.300. The topological polar surface area (TPSA) is 46.5 Å². The summed E-state index contributed by atoms with van der Waals surface area (Å²) in [4.78, 5) is 10.3. The van der Waals surface area contributed by atoms with Crippen LogP contribution in [0.5, 0.6) is 0 Å². The number of hydrogen-bond acceptors (Lipinski definition) is 2. The molecule has 0 spiro atoms. The molecule has 0 heterocycles. The molecule has 0 radical (unpaired) electrons. The number of ether oxygens (including phenoxy) is 1. The minimum absolute atomic E-state index is 0.440. The first-order valence-corrected chi connectivity index (χ1v) is 4.05. The third-order valence-electron chi connectivity index (χ3n) is 1.80. The molecule has 0 aliphatic heterocycles. The summed E-state index contributed by atoms with van der Waals surface area (Å²) in [5, 5.41) is 8.46. The number of rotatable bonds is 1. The largest absolute Gasteiger partial charge is 0.511 e. The zero-order valence-electron chi connectivity index (χ0n) is 7.70. The highest BCUT2D eigenvalue weighted by molar-refractivity contribution is 5.60. The lowest BCUT2D eigenvalue weighted by Gasteiger charge is -2.13. The molecule has 0 saturated heterocycles. The van der Waals surface area contributed by atoms with Gasteiger partial charge in [-0.25, -0.2) is 4.79 Å². The highest BCUT2D eigenvalue weighted by Gasteiger charge is 2.12. The van der Waals surface area contributed by atoms with E-state index in [9.17, 15) is 4.79 Å². The van der Waals surface area contributed by atoms with Crippen molar-refractivity contribution in [1.82, 2.24) is 0 Å². The molecule has 1 N–H and O–H groups in total. The fourth-order valence-corrected chi connectivity index (χ4v) is 1.18. The normalized spacial score (nSPS) is 15.2. The van der Waals surface area contributed by atoms with Gasteiger partial charge in [-0.15, -0.1) is 0 Å². The van der Waals surface area contributed by atoms with Crippen LogP contribution in [-0.2, 0) is 4.74 Å². The molecule has 0 unspecified atom stereocenters. The van der Waals surface area contributed by atoms with Gasteiger partial charge >= 0.3 is 6.16 Å². The van der Waals surface area contributed by atoms with Gasteiger partial charge in [0.25, 0.3) is 0 Å². The van der Waals surface area contributed by atoms with Crippen molar-refractivity contribution in [3.63, 3.8) is 0 Å². The molecule has 13 heavy (non-hydrogen) atoms. The van der Waals surface area contributed by atoms with Gasteiger partial charge in [0, 0.05) is 0 Å². The van der Waals surface area contributed by atoms with Crippen molar-refractivity contribution in [2.45, 2.75) is 20.3 Å². The number of carbonyl (C=O) groups is 1. The van der Waals surface area contributed by atoms with Gasteiger partial charge in [-0.2, -0.15) is 0 Å². The van der Waals surface area contributed by atoms with Crippen LogP contribution in [0.2, 0.25) is 0 Å². The fourth-order valence-electron chi connectivity index (χ4n) is 1.18. The smallest absolute Gasteiger partial charge is 0.449 e. The molecule has 0 aromatic carbocycles. The van der Waals surface area contributed by atoms with Crippen LogP contribution in [-0.4, -0.2) is 11.3 Å². The van der Waals surface area contributed by atoms with Crippen LogP contribution in [0.25, 0.3) is 0 Å². The first-order valence-electron chi connectivity index (χ1n) is 4.05. The Labute approximate surface area is 77.0 Å². The lowest BCUT2D eigenvalue weighted by Crippen LogP contribution is -2.05. The average molecular weight is 180 g/mol. The first-order chi connectivity index (χ1) is 6.11. The van der Waals surface area contributed by atoms with E-state index in [1.54, 1.807) is 12.2 Å². The molecular formula is C10H12O3. The molecule has 0 aromatic heterocycles. The number of allylic oxidation sites excluding steroid dienone is 5. The molecule has 0 atom stereocenters. The zero-order valence-corrected chi connectivity index (χ0v) is 7.70. The Bertz CT molecular complexity index is 304. The summed E-state index contributed by atoms with van der Waals surface area (Å²) in [6.45, 7) is 3.88. The van der Waals surface area contributed by atoms with Crippen LogP contribution in [0.15, 0.2) is 35.1 Å². The van der Waals surface area contributed by atoms with Gasteiger partial charge in [-0.3, -0.25) is 0 Å². The van der Waals surface area contributed by atoms with E-state index in [-0.39, 0.29) is 0 Å². The van der Waals surface area contributed by atoms with E-state index in [4.69, 9.17) is 5.11 Å². The van der Waals surface area contributed by atoms with Gasteiger partial charge in [0.2, 0.25) is 0 Å². The van der Waals surface area contributed by atoms with E-state index in [0.717, 1.165) is 17.6 Å². The summed E-state index contributed by atoms with van der Waals surface area (Å²) in [6, 6.07) is 0. The second-order valence-corrected chi connectivity index (χ2v) is 3.01. The lowest BCUT2D eigenvalue weighted by molar-refractivity contribution is 0.120. The van der Waals surface area contributed by atoms with Crippen molar-refractivity contribution in [2.24, 2.45) is 0 Å². The van der Waals surface area contributed by atoms with Crippen LogP contribution >= 0.6 is 0 Å². The summed E-state index contributed by atoms with van der Waals surface area (Å²) in [6.07, 6.45) is 4.91. The highest BCUT2D eigenvalue weighted by atomic mass is 16.7. The van der Waals surface area contributed by atoms with E-state index in [1.807, 2.05) is 19.9 Å². The summed E-state index contributed by atoms with van der Waals surface area (Å²) in [5.74, 6) is 0.440. The van der Waals surface area contributed by atoms with Gasteiger partial charge in [-0.1, -0.05) is 17.7 Å². The monoisotopic (exact) mass is 180 g/mol. The van der Waals surface area contributed by atoms with E-state index in [2.05, 4.69) is 4.74 Å². The molecule has 3 nitrogen and oxygen atoms in total. The molecule has 1 aliphatic carbocycles. The van der Waals surface area contributed by atoms with Gasteiger partial charge < -0.3 is 9.84 Å². The number of hydrogen-bond donors (Lipinski definition) is 1. The minimum Gasteiger partial charge on any atom is -0.449 e. The average Bonchev–Trinajstić information content (AvgIpc) is 2.03. The van der Waals surface area contributed by atoms with Gasteiger partial charge in [0.05, 0.1) is 0 Å². The zero-order chi connectivity index (χ0) is 9.84. The van der Waals surface area contributed by atoms with Crippen LogP contribution in [0.4, 0.5) is 4.79 Å². The molecule has 0 aromatic rings. The van der Waals surface area contributed by atoms with Crippen molar-refractivity contribution >= 4 is 6.16 Å². The van der Waals surface area contributed by atoms with Crippen LogP contribution < -0.4 is 0 Å². The molecule has 0 amide bonds. The maximum Gasteiger partial charge on any atom is 0.511 e. The maximum atomic E-state index is 10.3. The quantitative estimate of drug-likeness (QED) is 0.631. The first kappa shape index (κ1) is 9.58. The number of carboxylic acid groups (broad SMARTS) is 1. The Balaban J connectivity index is 2.90. The molecule has 0 saturated carbocycles. The Kier molecular flexibility index (Phi) is 2.90. The Morgan fingerprint density at radius 3 is 2.77 bits per heavy atom. The van der Waals surface area contributed by atoms with E-state index in [0.29, 0.717) is 5.76 Å². The third-order valence-corrected chi connectivity index (χ3v) is 1.80. The summed E-state index contributed by atoms with van der Waals surface area (Å²) < 4.78 is 4.63. The minimum atomic E-state index is -1.26. The lowest BCUT2D eigenvalue weighted by atomic mass is 10.0. The summed E-state index contributed by atoms with van der Waals surface area (Å²) in [5.41, 5.74) is 2.03. The molecule has 0 bridgehead atoms. The van der Waals surface area contributed by atoms with Crippen LogP contribution in [0.3, 0.4) is 0 Å². The van der Waals surface area contributed by atoms with Crippen molar-refractivity contribution in [2.75, 3.05) is 0 Å². The molecule has 1 rings (SSSR count). The second kappa shape index (κ2) is 3.94. The second-order valence-electron chi connectivity index (χ2n) is 3.01. The maximum absolute atomic E-state index is 10.3. The molecule has 3 heteroatoms. The third kappa shape index (κ3) is 2.47. The summed E-state index contributed by atoms with van der Waals surface area (Å²) >= 11 is 0. The van der Waals surface area contributed by atoms with Gasteiger partial charge in [-0.05, 0) is 31.9 Å². The molecule has 1 aliphatic rings. The Hall–Kier alpha value is -1.51. The van der Waals surface area contributed by atoms with Crippen molar-refractivity contribution in [3.8, 4) is 0 Å². The molecule has 70 valence electrons. The van der Waals surface area contributed by atoms with E-state index in [1.165, 1.54) is 0 Å². The molecule has 0 fully saturated rings. The van der Waals surface area contributed by atoms with Crippen LogP contribution in [0.1, 0.15) is 20.3 Å². The predicted octanol–water partition coefficient (Wildman–Crippen LogP) is 2.86. The van der Waals surface area contributed by atoms with E-state index >= 15 is 0 Å². The highest BCUT2D eigenvalue weighted by Crippen LogP contribution is 2.23. The molecular weight excluding hydrogens is 168 g/mol. The summed E-state index contributed by atoms with van der Waals surface area (Å²) in [7, 11) is 0. The Morgan fingerprint density at radius 2 is 2.23 bits per heavy atom. The predicted molar refractivity (Wildman–Crippen MR) is 49.3 cm³/mol. The van der Waals surface area contributed by atoms with Gasteiger partial charge in [0.1, 0.15) is 5.76 Å². The standard InChI is InChI=1S/C10H12O3/c1-7(2)8-5-3-4-6-9(8)13-10(11)12/h3-4,6H,5H2,1-2H3,(H,11,12).